The average molecular weight is 376 g/mol. The average Bonchev–Trinajstić information content (AvgIpc) is 2.63. The third kappa shape index (κ3) is 4.45. The first-order valence-electron chi connectivity index (χ1n) is 7.05. The largest absolute Gasteiger partial charge is 0.383 e. The van der Waals surface area contributed by atoms with Crippen molar-refractivity contribution < 1.29 is 4.79 Å². The quantitative estimate of drug-likeness (QED) is 0.275. The minimum Gasteiger partial charge on any atom is -0.383 e. The third-order valence-electron chi connectivity index (χ3n) is 3.25. The Morgan fingerprint density at radius 3 is 2.52 bits per heavy atom. The number of nitrogens with two attached hydrogens (primary N) is 2. The van der Waals surface area contributed by atoms with E-state index in [4.69, 9.17) is 28.9 Å². The molecule has 6 nitrogen and oxygen atoms in total. The predicted octanol–water partition coefficient (Wildman–Crippen LogP) is 3.35. The number of aromatic nitrogens is 2. The molecule has 0 unspecified atom stereocenters. The van der Waals surface area contributed by atoms with Crippen LogP contribution in [0.25, 0.3) is 22.0 Å². The van der Waals surface area contributed by atoms with Gasteiger partial charge >= 0.3 is 0 Å². The van der Waals surface area contributed by atoms with E-state index >= 15 is 0 Å². The maximum atomic E-state index is 9.83. The van der Waals surface area contributed by atoms with Crippen molar-refractivity contribution in [2.24, 2.45) is 5.84 Å². The lowest BCUT2D eigenvalue weighted by Gasteiger charge is -2.08. The number of anilines is 1. The molecule has 0 radical (unpaired) electrons. The van der Waals surface area contributed by atoms with Gasteiger partial charge in [0.15, 0.2) is 0 Å². The van der Waals surface area contributed by atoms with E-state index in [2.05, 4.69) is 22.4 Å². The molecule has 0 fully saturated rings. The van der Waals surface area contributed by atoms with Gasteiger partial charge in [-0.25, -0.2) is 15.8 Å². The second-order valence-electron chi connectivity index (χ2n) is 4.80. The molecular weight excluding hydrogens is 361 g/mol. The van der Waals surface area contributed by atoms with Crippen molar-refractivity contribution in [2.45, 2.75) is 0 Å². The molecule has 5 N–H and O–H groups in total. The zero-order valence-electron chi connectivity index (χ0n) is 13.0. The van der Waals surface area contributed by atoms with Crippen molar-refractivity contribution in [1.82, 2.24) is 15.4 Å². The van der Waals surface area contributed by atoms with Crippen molar-refractivity contribution in [1.29, 1.82) is 0 Å². The smallest absolute Gasteiger partial charge is 0.257 e. The molecule has 1 aromatic heterocycles. The predicted molar refractivity (Wildman–Crippen MR) is 102 cm³/mol. The molecule has 0 saturated carbocycles. The Morgan fingerprint density at radius 1 is 1.16 bits per heavy atom. The van der Waals surface area contributed by atoms with Crippen molar-refractivity contribution in [3.8, 4) is 11.1 Å². The summed E-state index contributed by atoms with van der Waals surface area (Å²) in [7, 11) is 0. The van der Waals surface area contributed by atoms with Crippen LogP contribution in [0.1, 0.15) is 0 Å². The molecule has 3 aromatic rings. The number of carbonyl (C=O) groups is 1. The summed E-state index contributed by atoms with van der Waals surface area (Å²) >= 11 is 12.0. The van der Waals surface area contributed by atoms with E-state index in [-0.39, 0.29) is 5.91 Å². The van der Waals surface area contributed by atoms with Gasteiger partial charge in [0.2, 0.25) is 0 Å². The Kier molecular flexibility index (Phi) is 6.30. The summed E-state index contributed by atoms with van der Waals surface area (Å²) in [5.74, 6) is 4.70. The van der Waals surface area contributed by atoms with Crippen molar-refractivity contribution >= 4 is 45.8 Å². The number of nitrogens with one attached hydrogen (secondary N) is 1. The van der Waals surface area contributed by atoms with Gasteiger partial charge < -0.3 is 5.73 Å². The summed E-state index contributed by atoms with van der Waals surface area (Å²) in [6.45, 7) is 3.14. The Hall–Kier alpha value is -2.67. The number of halogens is 2. The van der Waals surface area contributed by atoms with Gasteiger partial charge in [0, 0.05) is 0 Å². The summed E-state index contributed by atoms with van der Waals surface area (Å²) in [5, 5.41) is 1.85. The van der Waals surface area contributed by atoms with Gasteiger partial charge in [0.25, 0.3) is 5.91 Å². The van der Waals surface area contributed by atoms with E-state index in [0.29, 0.717) is 15.9 Å². The molecule has 0 bridgehead atoms. The lowest BCUT2D eigenvalue weighted by molar-refractivity contribution is -0.116. The molecule has 2 aromatic carbocycles. The van der Waals surface area contributed by atoms with Crippen LogP contribution >= 0.6 is 23.2 Å². The Morgan fingerprint density at radius 2 is 1.92 bits per heavy atom. The Labute approximate surface area is 154 Å². The maximum absolute atomic E-state index is 9.83. The summed E-state index contributed by atoms with van der Waals surface area (Å²) < 4.78 is 0. The SMILES string of the molecule is C=CC(=O)NN.Nc1ncnc2cccc(-c3ccc(Cl)c(Cl)c3)c12. The fraction of sp³-hybridized carbons (Fsp3) is 0. The van der Waals surface area contributed by atoms with Crippen LogP contribution in [0.2, 0.25) is 10.0 Å². The van der Waals surface area contributed by atoms with Crippen LogP contribution in [0.4, 0.5) is 5.82 Å². The summed E-state index contributed by atoms with van der Waals surface area (Å²) in [4.78, 5) is 18.1. The number of amides is 1. The first-order chi connectivity index (χ1) is 12.0. The van der Waals surface area contributed by atoms with E-state index in [1.165, 1.54) is 6.33 Å². The zero-order valence-corrected chi connectivity index (χ0v) is 14.6. The monoisotopic (exact) mass is 375 g/mol. The molecule has 0 atom stereocenters. The topological polar surface area (TPSA) is 107 Å². The molecule has 0 aliphatic carbocycles. The molecule has 0 aliphatic heterocycles. The summed E-state index contributed by atoms with van der Waals surface area (Å²) in [5.41, 5.74) is 10.5. The van der Waals surface area contributed by atoms with Crippen LogP contribution < -0.4 is 17.0 Å². The molecule has 0 saturated heterocycles. The maximum Gasteiger partial charge on any atom is 0.257 e. The van der Waals surface area contributed by atoms with Crippen molar-refractivity contribution in [3.05, 3.63) is 65.4 Å². The minimum atomic E-state index is -0.366. The van der Waals surface area contributed by atoms with Crippen molar-refractivity contribution in [2.75, 3.05) is 5.73 Å². The molecule has 25 heavy (non-hydrogen) atoms. The Balaban J connectivity index is 0.000000326. The van der Waals surface area contributed by atoms with Crippen LogP contribution in [0, 0.1) is 0 Å². The van der Waals surface area contributed by atoms with Gasteiger partial charge in [-0.05, 0) is 35.4 Å². The molecule has 128 valence electrons. The fourth-order valence-corrected chi connectivity index (χ4v) is 2.40. The van der Waals surface area contributed by atoms with Crippen LogP contribution in [-0.4, -0.2) is 15.9 Å². The highest BCUT2D eigenvalue weighted by molar-refractivity contribution is 6.42. The van der Waals surface area contributed by atoms with E-state index in [1.807, 2.05) is 35.8 Å². The zero-order chi connectivity index (χ0) is 18.4. The number of benzene rings is 2. The number of hydrazine groups is 1. The van der Waals surface area contributed by atoms with E-state index in [1.54, 1.807) is 6.07 Å². The first kappa shape index (κ1) is 18.7. The number of nitrogens with zero attached hydrogens (tertiary/aromatic N) is 2. The van der Waals surface area contributed by atoms with Gasteiger partial charge in [-0.15, -0.1) is 0 Å². The lowest BCUT2D eigenvalue weighted by atomic mass is 10.0. The van der Waals surface area contributed by atoms with Gasteiger partial charge in [0.1, 0.15) is 12.1 Å². The highest BCUT2D eigenvalue weighted by atomic mass is 35.5. The number of carbonyl (C=O) groups excluding carboxylic acids is 1. The van der Waals surface area contributed by atoms with Crippen LogP contribution in [0.3, 0.4) is 0 Å². The van der Waals surface area contributed by atoms with E-state index < -0.39 is 0 Å². The van der Waals surface area contributed by atoms with Gasteiger partial charge in [-0.2, -0.15) is 0 Å². The summed E-state index contributed by atoms with van der Waals surface area (Å²) in [6, 6.07) is 11.3. The molecule has 0 aliphatic rings. The molecule has 1 amide bonds. The minimum absolute atomic E-state index is 0.366. The highest BCUT2D eigenvalue weighted by Gasteiger charge is 2.09. The van der Waals surface area contributed by atoms with Crippen LogP contribution in [0.15, 0.2) is 55.4 Å². The van der Waals surface area contributed by atoms with E-state index in [9.17, 15) is 4.79 Å². The fourth-order valence-electron chi connectivity index (χ4n) is 2.10. The Bertz CT molecular complexity index is 925. The number of rotatable bonds is 2. The molecule has 1 heterocycles. The standard InChI is InChI=1S/C14H9Cl2N3.C3H6N2O/c15-10-5-4-8(6-11(10)16)9-2-1-3-12-13(9)14(17)19-7-18-12;1-2-3(6)5-4/h1-7H,(H2,17,18,19);2H,1,4H2,(H,5,6). The second-order valence-corrected chi connectivity index (χ2v) is 5.61. The third-order valence-corrected chi connectivity index (χ3v) is 3.99. The normalized spacial score (nSPS) is 9.88. The van der Waals surface area contributed by atoms with Crippen LogP contribution in [-0.2, 0) is 4.79 Å². The van der Waals surface area contributed by atoms with Crippen LogP contribution in [0.5, 0.6) is 0 Å². The molecule has 3 rings (SSSR count). The van der Waals surface area contributed by atoms with Gasteiger partial charge in [-0.1, -0.05) is 48.0 Å². The number of hydrogen-bond acceptors (Lipinski definition) is 5. The molecular formula is C17H15Cl2N5O. The first-order valence-corrected chi connectivity index (χ1v) is 7.81. The van der Waals surface area contributed by atoms with E-state index in [0.717, 1.165) is 28.1 Å². The number of nitrogen functional groups attached to an aromatic ring is 1. The second kappa shape index (κ2) is 8.43. The summed E-state index contributed by atoms with van der Waals surface area (Å²) in [6.07, 6.45) is 2.55. The van der Waals surface area contributed by atoms with Gasteiger partial charge in [-0.3, -0.25) is 10.2 Å². The van der Waals surface area contributed by atoms with Crippen molar-refractivity contribution in [3.63, 3.8) is 0 Å². The lowest BCUT2D eigenvalue weighted by Crippen LogP contribution is -2.27. The number of fused-ring (bicyclic) bond motifs is 1. The number of hydrogen-bond donors (Lipinski definition) is 3. The van der Waals surface area contributed by atoms with Gasteiger partial charge in [0.05, 0.1) is 20.9 Å². The molecule has 8 heteroatoms. The highest BCUT2D eigenvalue weighted by Crippen LogP contribution is 2.33. The molecule has 0 spiro atoms.